The molecule has 6 nitrogen and oxygen atoms in total. The highest BCUT2D eigenvalue weighted by atomic mass is 79.9. The standard InChI is InChI=1S/C24H16Br2Cl2N2O4/c1-33-19-10-14(9-17-23(31)29-30(24(17)32)16-5-3-2-4-6-16)20(25)21(26)22(19)34-12-13-7-8-15(27)11-18(13)28/h2-11H,12H2,1H3,(H,29,31)/b17-9-. The van der Waals surface area contributed by atoms with Crippen molar-refractivity contribution in [1.82, 2.24) is 5.43 Å². The Morgan fingerprint density at radius 3 is 2.44 bits per heavy atom. The van der Waals surface area contributed by atoms with Gasteiger partial charge >= 0.3 is 0 Å². The molecule has 1 fully saturated rings. The number of anilines is 1. The minimum absolute atomic E-state index is 0.0138. The van der Waals surface area contributed by atoms with Crippen molar-refractivity contribution in [2.24, 2.45) is 0 Å². The lowest BCUT2D eigenvalue weighted by Gasteiger charge is -2.16. The zero-order valence-corrected chi connectivity index (χ0v) is 22.3. The molecule has 3 aromatic carbocycles. The Labute approximate surface area is 222 Å². The van der Waals surface area contributed by atoms with Crippen LogP contribution in [-0.4, -0.2) is 18.9 Å². The van der Waals surface area contributed by atoms with Crippen LogP contribution in [0.1, 0.15) is 11.1 Å². The lowest BCUT2D eigenvalue weighted by molar-refractivity contribution is -0.117. The maximum absolute atomic E-state index is 12.9. The molecule has 1 saturated heterocycles. The number of nitrogens with one attached hydrogen (secondary N) is 1. The first kappa shape index (κ1) is 24.6. The summed E-state index contributed by atoms with van der Waals surface area (Å²) in [5, 5.41) is 2.22. The first-order chi connectivity index (χ1) is 16.3. The monoisotopic (exact) mass is 624 g/mol. The van der Waals surface area contributed by atoms with Gasteiger partial charge in [0.15, 0.2) is 11.5 Å². The van der Waals surface area contributed by atoms with Crippen molar-refractivity contribution in [2.45, 2.75) is 6.61 Å². The van der Waals surface area contributed by atoms with E-state index in [9.17, 15) is 9.59 Å². The van der Waals surface area contributed by atoms with E-state index in [4.69, 9.17) is 32.7 Å². The molecule has 1 N–H and O–H groups in total. The molecule has 0 spiro atoms. The average Bonchev–Trinajstić information content (AvgIpc) is 3.11. The average molecular weight is 627 g/mol. The van der Waals surface area contributed by atoms with Crippen molar-refractivity contribution >= 4 is 78.6 Å². The van der Waals surface area contributed by atoms with Gasteiger partial charge in [0, 0.05) is 20.1 Å². The van der Waals surface area contributed by atoms with Crippen molar-refractivity contribution in [3.05, 3.63) is 90.3 Å². The van der Waals surface area contributed by atoms with Crippen LogP contribution in [0.3, 0.4) is 0 Å². The molecule has 0 atom stereocenters. The smallest absolute Gasteiger partial charge is 0.282 e. The topological polar surface area (TPSA) is 67.9 Å². The highest BCUT2D eigenvalue weighted by Gasteiger charge is 2.34. The SMILES string of the molecule is COc1cc(/C=C2/C(=O)NN(c3ccccc3)C2=O)c(Br)c(Br)c1OCc1ccc(Cl)cc1Cl. The summed E-state index contributed by atoms with van der Waals surface area (Å²) in [5.74, 6) is -0.141. The number of ether oxygens (including phenoxy) is 2. The van der Waals surface area contributed by atoms with Crippen LogP contribution in [0.4, 0.5) is 5.69 Å². The molecule has 174 valence electrons. The summed E-state index contributed by atoms with van der Waals surface area (Å²) in [5.41, 5.74) is 4.43. The van der Waals surface area contributed by atoms with Crippen molar-refractivity contribution in [1.29, 1.82) is 0 Å². The van der Waals surface area contributed by atoms with Gasteiger partial charge in [-0.3, -0.25) is 15.0 Å². The Morgan fingerprint density at radius 1 is 1.03 bits per heavy atom. The van der Waals surface area contributed by atoms with Gasteiger partial charge < -0.3 is 9.47 Å². The molecule has 0 aliphatic carbocycles. The normalized spacial score (nSPS) is 14.5. The molecule has 0 saturated carbocycles. The van der Waals surface area contributed by atoms with Crippen LogP contribution in [-0.2, 0) is 16.2 Å². The lowest BCUT2D eigenvalue weighted by atomic mass is 10.1. The van der Waals surface area contributed by atoms with Gasteiger partial charge in [-0.05, 0) is 73.8 Å². The molecular formula is C24H16Br2Cl2N2O4. The van der Waals surface area contributed by atoms with Gasteiger partial charge in [-0.25, -0.2) is 5.01 Å². The molecule has 0 radical (unpaired) electrons. The number of amides is 2. The predicted molar refractivity (Wildman–Crippen MR) is 139 cm³/mol. The summed E-state index contributed by atoms with van der Waals surface area (Å²) in [6.45, 7) is 0.171. The number of para-hydroxylation sites is 1. The minimum Gasteiger partial charge on any atom is -0.493 e. The van der Waals surface area contributed by atoms with E-state index in [1.165, 1.54) is 18.2 Å². The quantitative estimate of drug-likeness (QED) is 0.248. The van der Waals surface area contributed by atoms with E-state index < -0.39 is 11.8 Å². The van der Waals surface area contributed by atoms with Crippen molar-refractivity contribution in [2.75, 3.05) is 12.1 Å². The molecule has 1 aliphatic heterocycles. The number of hydrogen-bond donors (Lipinski definition) is 1. The molecule has 1 heterocycles. The number of nitrogens with zero attached hydrogens (tertiary/aromatic N) is 1. The van der Waals surface area contributed by atoms with Crippen LogP contribution < -0.4 is 19.9 Å². The Bertz CT molecular complexity index is 1320. The maximum atomic E-state index is 12.9. The third-order valence-corrected chi connectivity index (χ3v) is 7.70. The first-order valence-corrected chi connectivity index (χ1v) is 12.2. The summed E-state index contributed by atoms with van der Waals surface area (Å²) >= 11 is 19.3. The molecular weight excluding hydrogens is 611 g/mol. The molecule has 10 heteroatoms. The van der Waals surface area contributed by atoms with Crippen LogP contribution >= 0.6 is 55.1 Å². The van der Waals surface area contributed by atoms with Gasteiger partial charge in [0.05, 0.1) is 17.3 Å². The molecule has 1 aliphatic rings. The number of hydrogen-bond acceptors (Lipinski definition) is 4. The number of benzene rings is 3. The second-order valence-electron chi connectivity index (χ2n) is 7.12. The number of rotatable bonds is 6. The van der Waals surface area contributed by atoms with E-state index in [0.29, 0.717) is 41.7 Å². The van der Waals surface area contributed by atoms with Gasteiger partial charge in [0.2, 0.25) is 0 Å². The Kier molecular flexibility index (Phi) is 7.52. The molecule has 4 rings (SSSR count). The van der Waals surface area contributed by atoms with Crippen LogP contribution in [0.15, 0.2) is 69.1 Å². The van der Waals surface area contributed by atoms with E-state index in [0.717, 1.165) is 5.56 Å². The molecule has 0 bridgehead atoms. The van der Waals surface area contributed by atoms with E-state index in [1.54, 1.807) is 48.5 Å². The molecule has 3 aromatic rings. The number of carbonyl (C=O) groups is 2. The summed E-state index contributed by atoms with van der Waals surface area (Å²) in [4.78, 5) is 25.5. The summed E-state index contributed by atoms with van der Waals surface area (Å²) in [7, 11) is 1.50. The maximum Gasteiger partial charge on any atom is 0.282 e. The zero-order chi connectivity index (χ0) is 24.4. The zero-order valence-electron chi connectivity index (χ0n) is 17.6. The fraction of sp³-hybridized carbons (Fsp3) is 0.0833. The molecule has 34 heavy (non-hydrogen) atoms. The van der Waals surface area contributed by atoms with E-state index in [1.807, 2.05) is 6.07 Å². The number of carbonyl (C=O) groups excluding carboxylic acids is 2. The highest BCUT2D eigenvalue weighted by Crippen LogP contribution is 2.44. The third-order valence-electron chi connectivity index (χ3n) is 4.97. The van der Waals surface area contributed by atoms with Gasteiger partial charge in [-0.15, -0.1) is 0 Å². The Balaban J connectivity index is 1.65. The third kappa shape index (κ3) is 4.95. The van der Waals surface area contributed by atoms with Crippen LogP contribution in [0.5, 0.6) is 11.5 Å². The van der Waals surface area contributed by atoms with Gasteiger partial charge in [-0.1, -0.05) is 47.5 Å². The Morgan fingerprint density at radius 2 is 1.76 bits per heavy atom. The van der Waals surface area contributed by atoms with Crippen LogP contribution in [0.25, 0.3) is 6.08 Å². The van der Waals surface area contributed by atoms with Gasteiger partial charge in [-0.2, -0.15) is 0 Å². The fourth-order valence-electron chi connectivity index (χ4n) is 3.26. The van der Waals surface area contributed by atoms with E-state index in [2.05, 4.69) is 37.3 Å². The first-order valence-electron chi connectivity index (χ1n) is 9.85. The lowest BCUT2D eigenvalue weighted by Crippen LogP contribution is -2.35. The molecule has 0 unspecified atom stereocenters. The van der Waals surface area contributed by atoms with Gasteiger partial charge in [0.25, 0.3) is 11.8 Å². The summed E-state index contributed by atoms with van der Waals surface area (Å²) in [6, 6.07) is 15.7. The minimum atomic E-state index is -0.506. The van der Waals surface area contributed by atoms with Crippen molar-refractivity contribution in [3.8, 4) is 11.5 Å². The van der Waals surface area contributed by atoms with Crippen molar-refractivity contribution in [3.63, 3.8) is 0 Å². The second kappa shape index (κ2) is 10.4. The highest BCUT2D eigenvalue weighted by molar-refractivity contribution is 9.13. The number of methoxy groups -OCH3 is 1. The molecule has 2 amide bonds. The molecule has 0 aromatic heterocycles. The summed E-state index contributed by atoms with van der Waals surface area (Å²) in [6.07, 6.45) is 1.50. The van der Waals surface area contributed by atoms with Crippen LogP contribution in [0, 0.1) is 0 Å². The second-order valence-corrected chi connectivity index (χ2v) is 9.55. The van der Waals surface area contributed by atoms with Gasteiger partial charge in [0.1, 0.15) is 12.2 Å². The number of hydrazine groups is 1. The largest absolute Gasteiger partial charge is 0.493 e. The van der Waals surface area contributed by atoms with Crippen molar-refractivity contribution < 1.29 is 19.1 Å². The van der Waals surface area contributed by atoms with E-state index >= 15 is 0 Å². The fourth-order valence-corrected chi connectivity index (χ4v) is 4.67. The van der Waals surface area contributed by atoms with Crippen LogP contribution in [0.2, 0.25) is 10.0 Å². The van der Waals surface area contributed by atoms with E-state index in [-0.39, 0.29) is 12.2 Å². The summed E-state index contributed by atoms with van der Waals surface area (Å²) < 4.78 is 12.6. The Hall–Kier alpha value is -2.52. The number of halogens is 4. The predicted octanol–water partition coefficient (Wildman–Crippen LogP) is 6.57.